The number of hydrogen-bond donors (Lipinski definition) is 2. The first kappa shape index (κ1) is 17.7. The SMILES string of the molecule is CCCC(C)(O)C(=O)NC(C)CN(C)Cc1ccccc1. The molecule has 4 nitrogen and oxygen atoms in total. The first-order chi connectivity index (χ1) is 9.85. The number of hydrogen-bond acceptors (Lipinski definition) is 3. The number of rotatable bonds is 8. The van der Waals surface area contributed by atoms with Gasteiger partial charge >= 0.3 is 0 Å². The minimum absolute atomic E-state index is 0.00505. The maximum atomic E-state index is 12.0. The largest absolute Gasteiger partial charge is 0.380 e. The smallest absolute Gasteiger partial charge is 0.251 e. The predicted octanol–water partition coefficient (Wildman–Crippen LogP) is 2.17. The normalized spacial score (nSPS) is 15.5. The zero-order chi connectivity index (χ0) is 15.9. The van der Waals surface area contributed by atoms with Crippen LogP contribution in [0.4, 0.5) is 0 Å². The van der Waals surface area contributed by atoms with E-state index < -0.39 is 5.60 Å². The van der Waals surface area contributed by atoms with Gasteiger partial charge in [-0.3, -0.25) is 4.79 Å². The van der Waals surface area contributed by atoms with E-state index in [4.69, 9.17) is 0 Å². The highest BCUT2D eigenvalue weighted by Crippen LogP contribution is 2.12. The Hall–Kier alpha value is -1.39. The van der Waals surface area contributed by atoms with Crippen LogP contribution in [0.1, 0.15) is 39.2 Å². The summed E-state index contributed by atoms with van der Waals surface area (Å²) in [6.45, 7) is 7.07. The van der Waals surface area contributed by atoms with Crippen LogP contribution in [0.5, 0.6) is 0 Å². The zero-order valence-electron chi connectivity index (χ0n) is 13.6. The number of carbonyl (C=O) groups is 1. The van der Waals surface area contributed by atoms with E-state index in [1.165, 1.54) is 5.56 Å². The number of likely N-dealkylation sites (N-methyl/N-ethyl adjacent to an activating group) is 1. The molecule has 1 aromatic rings. The lowest BCUT2D eigenvalue weighted by Gasteiger charge is -2.27. The molecule has 0 spiro atoms. The van der Waals surface area contributed by atoms with Crippen molar-refractivity contribution >= 4 is 5.91 Å². The Bertz CT molecular complexity index is 432. The van der Waals surface area contributed by atoms with Crippen LogP contribution >= 0.6 is 0 Å². The van der Waals surface area contributed by atoms with Crippen LogP contribution in [0, 0.1) is 0 Å². The van der Waals surface area contributed by atoms with Crippen LogP contribution in [-0.4, -0.2) is 41.1 Å². The minimum atomic E-state index is -1.28. The van der Waals surface area contributed by atoms with Gasteiger partial charge in [0, 0.05) is 19.1 Å². The quantitative estimate of drug-likeness (QED) is 0.772. The van der Waals surface area contributed by atoms with Crippen molar-refractivity contribution in [3.63, 3.8) is 0 Å². The third-order valence-corrected chi connectivity index (χ3v) is 3.48. The van der Waals surface area contributed by atoms with Crippen molar-refractivity contribution in [2.75, 3.05) is 13.6 Å². The van der Waals surface area contributed by atoms with Gasteiger partial charge in [0.1, 0.15) is 5.60 Å². The Kier molecular flexibility index (Phi) is 6.85. The fraction of sp³-hybridized carbons (Fsp3) is 0.588. The predicted molar refractivity (Wildman–Crippen MR) is 85.9 cm³/mol. The van der Waals surface area contributed by atoms with Crippen LogP contribution in [-0.2, 0) is 11.3 Å². The minimum Gasteiger partial charge on any atom is -0.380 e. The van der Waals surface area contributed by atoms with Crippen LogP contribution in [0.2, 0.25) is 0 Å². The van der Waals surface area contributed by atoms with Crippen molar-refractivity contribution in [1.82, 2.24) is 10.2 Å². The van der Waals surface area contributed by atoms with E-state index in [-0.39, 0.29) is 11.9 Å². The van der Waals surface area contributed by atoms with Crippen LogP contribution in [0.15, 0.2) is 30.3 Å². The third-order valence-electron chi connectivity index (χ3n) is 3.48. The van der Waals surface area contributed by atoms with E-state index in [2.05, 4.69) is 22.3 Å². The van der Waals surface area contributed by atoms with Gasteiger partial charge in [-0.25, -0.2) is 0 Å². The number of nitrogens with one attached hydrogen (secondary N) is 1. The van der Waals surface area contributed by atoms with Crippen molar-refractivity contribution in [3.8, 4) is 0 Å². The molecule has 0 saturated carbocycles. The second kappa shape index (κ2) is 8.15. The molecule has 0 fully saturated rings. The molecule has 2 atom stereocenters. The Morgan fingerprint density at radius 1 is 1.38 bits per heavy atom. The topological polar surface area (TPSA) is 52.6 Å². The Balaban J connectivity index is 2.42. The van der Waals surface area contributed by atoms with Gasteiger partial charge in [0.25, 0.3) is 5.91 Å². The van der Waals surface area contributed by atoms with Gasteiger partial charge in [-0.2, -0.15) is 0 Å². The van der Waals surface area contributed by atoms with Crippen molar-refractivity contribution in [2.45, 2.75) is 51.8 Å². The van der Waals surface area contributed by atoms with Crippen molar-refractivity contribution < 1.29 is 9.90 Å². The van der Waals surface area contributed by atoms with Gasteiger partial charge in [0.15, 0.2) is 0 Å². The van der Waals surface area contributed by atoms with E-state index in [1.54, 1.807) is 6.92 Å². The molecule has 0 heterocycles. The number of aliphatic hydroxyl groups is 1. The summed E-state index contributed by atoms with van der Waals surface area (Å²) in [6.07, 6.45) is 1.26. The highest BCUT2D eigenvalue weighted by Gasteiger charge is 2.29. The van der Waals surface area contributed by atoms with E-state index in [9.17, 15) is 9.90 Å². The van der Waals surface area contributed by atoms with Crippen molar-refractivity contribution in [2.24, 2.45) is 0 Å². The summed E-state index contributed by atoms with van der Waals surface area (Å²) >= 11 is 0. The summed E-state index contributed by atoms with van der Waals surface area (Å²) in [6, 6.07) is 10.2. The van der Waals surface area contributed by atoms with Crippen LogP contribution in [0.3, 0.4) is 0 Å². The maximum absolute atomic E-state index is 12.0. The Morgan fingerprint density at radius 2 is 2.00 bits per heavy atom. The second-order valence-corrected chi connectivity index (χ2v) is 6.08. The maximum Gasteiger partial charge on any atom is 0.251 e. The molecule has 0 bridgehead atoms. The van der Waals surface area contributed by atoms with Crippen LogP contribution < -0.4 is 5.32 Å². The summed E-state index contributed by atoms with van der Waals surface area (Å²) < 4.78 is 0. The molecule has 4 heteroatoms. The average Bonchev–Trinajstić information content (AvgIpc) is 2.39. The molecule has 1 rings (SSSR count). The van der Waals surface area contributed by atoms with Gasteiger partial charge < -0.3 is 15.3 Å². The molecule has 0 aliphatic heterocycles. The van der Waals surface area contributed by atoms with E-state index in [0.717, 1.165) is 19.5 Å². The van der Waals surface area contributed by atoms with Crippen molar-refractivity contribution in [1.29, 1.82) is 0 Å². The molecule has 0 aromatic heterocycles. The first-order valence-electron chi connectivity index (χ1n) is 7.61. The summed E-state index contributed by atoms with van der Waals surface area (Å²) in [5.41, 5.74) is -0.0300. The fourth-order valence-corrected chi connectivity index (χ4v) is 2.45. The highest BCUT2D eigenvalue weighted by atomic mass is 16.3. The third kappa shape index (κ3) is 6.27. The average molecular weight is 292 g/mol. The van der Waals surface area contributed by atoms with Gasteiger partial charge in [0.05, 0.1) is 0 Å². The standard InChI is InChI=1S/C17H28N2O2/c1-5-11-17(3,21)16(20)18-14(2)12-19(4)13-15-9-7-6-8-10-15/h6-10,14,21H,5,11-13H2,1-4H3,(H,18,20). The lowest BCUT2D eigenvalue weighted by molar-refractivity contribution is -0.139. The molecule has 1 aromatic carbocycles. The van der Waals surface area contributed by atoms with Gasteiger partial charge in [0.2, 0.25) is 0 Å². The number of amides is 1. The molecule has 1 amide bonds. The number of carbonyl (C=O) groups excluding carboxylic acids is 1. The van der Waals surface area contributed by atoms with Gasteiger partial charge in [-0.1, -0.05) is 43.7 Å². The number of nitrogens with zero attached hydrogens (tertiary/aromatic N) is 1. The van der Waals surface area contributed by atoms with E-state index in [0.29, 0.717) is 6.42 Å². The lowest BCUT2D eigenvalue weighted by atomic mass is 9.99. The summed E-state index contributed by atoms with van der Waals surface area (Å²) in [7, 11) is 2.03. The monoisotopic (exact) mass is 292 g/mol. The van der Waals surface area contributed by atoms with Crippen molar-refractivity contribution in [3.05, 3.63) is 35.9 Å². The number of benzene rings is 1. The summed E-state index contributed by atoms with van der Waals surface area (Å²) in [5, 5.41) is 13.0. The molecular weight excluding hydrogens is 264 g/mol. The lowest BCUT2D eigenvalue weighted by Crippen LogP contribution is -2.50. The second-order valence-electron chi connectivity index (χ2n) is 6.08. The molecule has 2 N–H and O–H groups in total. The molecule has 21 heavy (non-hydrogen) atoms. The molecule has 2 unspecified atom stereocenters. The summed E-state index contributed by atoms with van der Waals surface area (Å²) in [4.78, 5) is 14.2. The first-order valence-corrected chi connectivity index (χ1v) is 7.61. The highest BCUT2D eigenvalue weighted by molar-refractivity contribution is 5.84. The summed E-state index contributed by atoms with van der Waals surface area (Å²) in [5.74, 6) is -0.287. The molecule has 0 saturated heterocycles. The van der Waals surface area contributed by atoms with Gasteiger partial charge in [-0.05, 0) is 32.9 Å². The van der Waals surface area contributed by atoms with Gasteiger partial charge in [-0.15, -0.1) is 0 Å². The molecule has 118 valence electrons. The van der Waals surface area contributed by atoms with Crippen LogP contribution in [0.25, 0.3) is 0 Å². The molecule has 0 aliphatic carbocycles. The Labute approximate surface area is 128 Å². The molecular formula is C17H28N2O2. The van der Waals surface area contributed by atoms with E-state index in [1.807, 2.05) is 39.1 Å². The zero-order valence-corrected chi connectivity index (χ0v) is 13.6. The molecule has 0 radical (unpaired) electrons. The fourth-order valence-electron chi connectivity index (χ4n) is 2.45. The Morgan fingerprint density at radius 3 is 2.57 bits per heavy atom. The molecule has 0 aliphatic rings. The van der Waals surface area contributed by atoms with E-state index >= 15 is 0 Å².